The highest BCUT2D eigenvalue weighted by Crippen LogP contribution is 2.15. The second-order valence-electron chi connectivity index (χ2n) is 7.26. The van der Waals surface area contributed by atoms with Gasteiger partial charge in [-0.1, -0.05) is 29.8 Å². The Bertz CT molecular complexity index is 626. The number of aryl methyl sites for hydroxylation is 1. The van der Waals surface area contributed by atoms with Crippen molar-refractivity contribution in [2.75, 3.05) is 26.7 Å². The van der Waals surface area contributed by atoms with E-state index in [1.807, 2.05) is 0 Å². The first-order valence-electron chi connectivity index (χ1n) is 9.11. The van der Waals surface area contributed by atoms with Gasteiger partial charge in [0.05, 0.1) is 0 Å². The Labute approximate surface area is 149 Å². The van der Waals surface area contributed by atoms with E-state index in [9.17, 15) is 9.59 Å². The van der Waals surface area contributed by atoms with Crippen molar-refractivity contribution < 1.29 is 9.59 Å². The van der Waals surface area contributed by atoms with Crippen molar-refractivity contribution in [1.29, 1.82) is 0 Å². The smallest absolute Gasteiger partial charge is 0.315 e. The summed E-state index contributed by atoms with van der Waals surface area (Å²) in [5.74, 6) is 0.00289. The maximum absolute atomic E-state index is 12.1. The zero-order valence-electron chi connectivity index (χ0n) is 15.1. The highest BCUT2D eigenvalue weighted by atomic mass is 16.2. The molecule has 1 aromatic rings. The molecule has 2 fully saturated rings. The van der Waals surface area contributed by atoms with Crippen LogP contribution in [0, 0.1) is 6.92 Å². The minimum absolute atomic E-state index is 0.00289. The molecule has 25 heavy (non-hydrogen) atoms. The van der Waals surface area contributed by atoms with Crippen LogP contribution >= 0.6 is 0 Å². The molecule has 3 rings (SSSR count). The number of hydrogen-bond donors (Lipinski definition) is 2. The molecule has 2 heterocycles. The lowest BCUT2D eigenvalue weighted by atomic mass is 10.0. The molecule has 1 atom stereocenters. The number of amides is 3. The van der Waals surface area contributed by atoms with E-state index in [2.05, 4.69) is 46.7 Å². The summed E-state index contributed by atoms with van der Waals surface area (Å²) in [5, 5.41) is 5.84. The number of urea groups is 1. The van der Waals surface area contributed by atoms with Gasteiger partial charge in [0.2, 0.25) is 5.91 Å². The number of carbonyl (C=O) groups is 2. The number of nitrogens with one attached hydrogen (secondary N) is 2. The Balaban J connectivity index is 1.40. The summed E-state index contributed by atoms with van der Waals surface area (Å²) in [7, 11) is 1.77. The lowest BCUT2D eigenvalue weighted by molar-refractivity contribution is -0.128. The molecular formula is C19H28N4O2. The van der Waals surface area contributed by atoms with Crippen molar-refractivity contribution in [3.8, 4) is 0 Å². The number of benzene rings is 1. The summed E-state index contributed by atoms with van der Waals surface area (Å²) in [6.07, 6.45) is 2.58. The third-order valence-electron chi connectivity index (χ3n) is 5.14. The first-order chi connectivity index (χ1) is 12.0. The van der Waals surface area contributed by atoms with Gasteiger partial charge in [-0.05, 0) is 31.7 Å². The van der Waals surface area contributed by atoms with E-state index in [4.69, 9.17) is 0 Å². The fourth-order valence-corrected chi connectivity index (χ4v) is 3.65. The SMILES string of the molecule is Cc1cccc(CN2CCC(NC(=O)N[C@@H]3CCN(C)C3=O)CC2)c1. The normalized spacial score (nSPS) is 22.2. The van der Waals surface area contributed by atoms with Gasteiger partial charge in [0, 0.05) is 39.3 Å². The van der Waals surface area contributed by atoms with Crippen molar-refractivity contribution >= 4 is 11.9 Å². The highest BCUT2D eigenvalue weighted by Gasteiger charge is 2.31. The Hall–Kier alpha value is -2.08. The van der Waals surface area contributed by atoms with E-state index in [0.29, 0.717) is 13.0 Å². The van der Waals surface area contributed by atoms with E-state index in [-0.39, 0.29) is 24.0 Å². The van der Waals surface area contributed by atoms with Gasteiger partial charge < -0.3 is 15.5 Å². The number of likely N-dealkylation sites (N-methyl/N-ethyl adjacent to an activating group) is 1. The molecule has 3 amide bonds. The molecule has 1 aromatic carbocycles. The first kappa shape index (κ1) is 17.7. The fraction of sp³-hybridized carbons (Fsp3) is 0.579. The molecule has 2 N–H and O–H groups in total. The molecular weight excluding hydrogens is 316 g/mol. The zero-order chi connectivity index (χ0) is 17.8. The van der Waals surface area contributed by atoms with Crippen LogP contribution in [-0.4, -0.2) is 60.5 Å². The average molecular weight is 344 g/mol. The molecule has 2 saturated heterocycles. The monoisotopic (exact) mass is 344 g/mol. The Morgan fingerprint density at radius 1 is 1.16 bits per heavy atom. The van der Waals surface area contributed by atoms with Crippen LogP contribution in [0.2, 0.25) is 0 Å². The maximum atomic E-state index is 12.1. The van der Waals surface area contributed by atoms with Crippen LogP contribution in [0.5, 0.6) is 0 Å². The third-order valence-corrected chi connectivity index (χ3v) is 5.14. The second-order valence-corrected chi connectivity index (χ2v) is 7.26. The predicted octanol–water partition coefficient (Wildman–Crippen LogP) is 1.49. The Morgan fingerprint density at radius 3 is 2.56 bits per heavy atom. The largest absolute Gasteiger partial charge is 0.344 e. The number of carbonyl (C=O) groups excluding carboxylic acids is 2. The average Bonchev–Trinajstić information content (AvgIpc) is 2.89. The predicted molar refractivity (Wildman–Crippen MR) is 97.2 cm³/mol. The van der Waals surface area contributed by atoms with Gasteiger partial charge in [-0.2, -0.15) is 0 Å². The van der Waals surface area contributed by atoms with Gasteiger partial charge in [0.15, 0.2) is 0 Å². The van der Waals surface area contributed by atoms with Crippen LogP contribution in [0.4, 0.5) is 4.79 Å². The number of hydrogen-bond acceptors (Lipinski definition) is 3. The number of piperidine rings is 1. The highest BCUT2D eigenvalue weighted by molar-refractivity contribution is 5.88. The lowest BCUT2D eigenvalue weighted by Crippen LogP contribution is -2.51. The number of rotatable bonds is 4. The first-order valence-corrected chi connectivity index (χ1v) is 9.11. The van der Waals surface area contributed by atoms with Gasteiger partial charge in [-0.15, -0.1) is 0 Å². The fourth-order valence-electron chi connectivity index (χ4n) is 3.65. The van der Waals surface area contributed by atoms with Gasteiger partial charge in [0.25, 0.3) is 0 Å². The Kier molecular flexibility index (Phi) is 5.58. The van der Waals surface area contributed by atoms with Crippen LogP contribution in [0.1, 0.15) is 30.4 Å². The van der Waals surface area contributed by atoms with E-state index < -0.39 is 0 Å². The lowest BCUT2D eigenvalue weighted by Gasteiger charge is -2.32. The van der Waals surface area contributed by atoms with Gasteiger partial charge in [-0.3, -0.25) is 9.69 Å². The van der Waals surface area contributed by atoms with E-state index in [1.165, 1.54) is 11.1 Å². The minimum Gasteiger partial charge on any atom is -0.344 e. The van der Waals surface area contributed by atoms with Crippen molar-refractivity contribution in [1.82, 2.24) is 20.4 Å². The summed E-state index contributed by atoms with van der Waals surface area (Å²) in [6, 6.07) is 8.21. The molecule has 0 unspecified atom stereocenters. The standard InChI is InChI=1S/C19H28N4O2/c1-14-4-3-5-15(12-14)13-23-10-6-16(7-11-23)20-19(25)21-17-8-9-22(2)18(17)24/h3-5,12,16-17H,6-11,13H2,1-2H3,(H2,20,21,25)/t17-/m1/s1. The van der Waals surface area contributed by atoms with Crippen molar-refractivity contribution in [3.63, 3.8) is 0 Å². The molecule has 0 aliphatic carbocycles. The molecule has 2 aliphatic rings. The minimum atomic E-state index is -0.369. The van der Waals surface area contributed by atoms with Gasteiger partial charge in [0.1, 0.15) is 6.04 Å². The number of nitrogens with zero attached hydrogens (tertiary/aromatic N) is 2. The van der Waals surface area contributed by atoms with Gasteiger partial charge in [-0.25, -0.2) is 4.79 Å². The summed E-state index contributed by atoms with van der Waals surface area (Å²) in [6.45, 7) is 5.74. The van der Waals surface area contributed by atoms with E-state index >= 15 is 0 Å². The van der Waals surface area contributed by atoms with Crippen molar-refractivity contribution in [2.24, 2.45) is 0 Å². The van der Waals surface area contributed by atoms with Crippen LogP contribution in [0.3, 0.4) is 0 Å². The van der Waals surface area contributed by atoms with Crippen LogP contribution in [0.15, 0.2) is 24.3 Å². The summed E-state index contributed by atoms with van der Waals surface area (Å²) >= 11 is 0. The van der Waals surface area contributed by atoms with Crippen molar-refractivity contribution in [3.05, 3.63) is 35.4 Å². The summed E-state index contributed by atoms with van der Waals surface area (Å²) in [5.41, 5.74) is 2.63. The third kappa shape index (κ3) is 4.72. The molecule has 6 heteroatoms. The second kappa shape index (κ2) is 7.87. The van der Waals surface area contributed by atoms with Crippen molar-refractivity contribution in [2.45, 2.75) is 44.8 Å². The van der Waals surface area contributed by atoms with E-state index in [1.54, 1.807) is 11.9 Å². The summed E-state index contributed by atoms with van der Waals surface area (Å²) in [4.78, 5) is 28.1. The van der Waals surface area contributed by atoms with Crippen LogP contribution in [-0.2, 0) is 11.3 Å². The number of likely N-dealkylation sites (tertiary alicyclic amines) is 2. The summed E-state index contributed by atoms with van der Waals surface area (Å²) < 4.78 is 0. The quantitative estimate of drug-likeness (QED) is 0.870. The van der Waals surface area contributed by atoms with Crippen LogP contribution < -0.4 is 10.6 Å². The molecule has 2 aliphatic heterocycles. The van der Waals surface area contributed by atoms with E-state index in [0.717, 1.165) is 32.5 Å². The molecule has 0 bridgehead atoms. The van der Waals surface area contributed by atoms with Crippen LogP contribution in [0.25, 0.3) is 0 Å². The molecule has 0 aromatic heterocycles. The Morgan fingerprint density at radius 2 is 1.92 bits per heavy atom. The molecule has 0 spiro atoms. The molecule has 0 radical (unpaired) electrons. The molecule has 0 saturated carbocycles. The molecule has 136 valence electrons. The molecule has 6 nitrogen and oxygen atoms in total. The topological polar surface area (TPSA) is 64.7 Å². The van der Waals surface area contributed by atoms with Gasteiger partial charge >= 0.3 is 6.03 Å². The maximum Gasteiger partial charge on any atom is 0.315 e. The zero-order valence-corrected chi connectivity index (χ0v) is 15.1.